The van der Waals surface area contributed by atoms with Gasteiger partial charge in [0.15, 0.2) is 0 Å². The highest BCUT2D eigenvalue weighted by molar-refractivity contribution is 9.10. The fraction of sp³-hybridized carbons (Fsp3) is 0.429. The van der Waals surface area contributed by atoms with Gasteiger partial charge >= 0.3 is 0 Å². The van der Waals surface area contributed by atoms with E-state index in [0.717, 1.165) is 10.3 Å². The van der Waals surface area contributed by atoms with E-state index in [0.29, 0.717) is 11.6 Å². The summed E-state index contributed by atoms with van der Waals surface area (Å²) in [6, 6.07) is 0. The van der Waals surface area contributed by atoms with Gasteiger partial charge in [-0.1, -0.05) is 0 Å². The molecule has 1 aromatic rings. The van der Waals surface area contributed by atoms with E-state index in [9.17, 15) is 0 Å². The van der Waals surface area contributed by atoms with Gasteiger partial charge in [-0.05, 0) is 22.9 Å². The topological polar surface area (TPSA) is 55.0 Å². The molecule has 4 nitrogen and oxygen atoms in total. The molecule has 0 unspecified atom stereocenters. The molecule has 0 saturated carbocycles. The number of nitrogens with zero attached hydrogens (tertiary/aromatic N) is 3. The highest BCUT2D eigenvalue weighted by atomic mass is 79.9. The zero-order valence-electron chi connectivity index (χ0n) is 7.30. The predicted octanol–water partition coefficient (Wildman–Crippen LogP) is 1.20. The lowest BCUT2D eigenvalue weighted by Crippen LogP contribution is -2.13. The van der Waals surface area contributed by atoms with Gasteiger partial charge in [0.25, 0.3) is 0 Å². The SMILES string of the molecule is Cc1nc(N)c(Br)c(N(C)C)n1. The van der Waals surface area contributed by atoms with Crippen LogP contribution in [-0.4, -0.2) is 24.1 Å². The van der Waals surface area contributed by atoms with Crippen LogP contribution in [0.4, 0.5) is 11.6 Å². The Hall–Kier alpha value is -0.840. The van der Waals surface area contributed by atoms with Crippen molar-refractivity contribution in [3.63, 3.8) is 0 Å². The van der Waals surface area contributed by atoms with E-state index in [-0.39, 0.29) is 0 Å². The maximum absolute atomic E-state index is 5.63. The Morgan fingerprint density at radius 2 is 1.92 bits per heavy atom. The van der Waals surface area contributed by atoms with Crippen LogP contribution in [0.2, 0.25) is 0 Å². The molecule has 0 spiro atoms. The third-order valence-corrected chi connectivity index (χ3v) is 2.16. The van der Waals surface area contributed by atoms with Crippen molar-refractivity contribution >= 4 is 27.6 Å². The molecule has 1 heterocycles. The Bertz CT molecular complexity index is 298. The Morgan fingerprint density at radius 3 is 2.42 bits per heavy atom. The van der Waals surface area contributed by atoms with E-state index in [4.69, 9.17) is 5.73 Å². The minimum Gasteiger partial charge on any atom is -0.383 e. The molecule has 1 aromatic heterocycles. The van der Waals surface area contributed by atoms with Gasteiger partial charge in [-0.2, -0.15) is 0 Å². The molecule has 0 aliphatic rings. The second kappa shape index (κ2) is 3.26. The molecule has 0 aromatic carbocycles. The summed E-state index contributed by atoms with van der Waals surface area (Å²) in [5.74, 6) is 1.96. The van der Waals surface area contributed by atoms with Gasteiger partial charge in [0.05, 0.1) is 0 Å². The first-order valence-electron chi connectivity index (χ1n) is 3.49. The van der Waals surface area contributed by atoms with E-state index in [1.165, 1.54) is 0 Å². The summed E-state index contributed by atoms with van der Waals surface area (Å²) < 4.78 is 0.748. The van der Waals surface area contributed by atoms with Gasteiger partial charge in [0.2, 0.25) is 0 Å². The van der Waals surface area contributed by atoms with E-state index < -0.39 is 0 Å². The Morgan fingerprint density at radius 1 is 1.33 bits per heavy atom. The van der Waals surface area contributed by atoms with E-state index in [1.54, 1.807) is 0 Å². The highest BCUT2D eigenvalue weighted by Gasteiger charge is 2.08. The van der Waals surface area contributed by atoms with Crippen molar-refractivity contribution in [1.82, 2.24) is 9.97 Å². The summed E-state index contributed by atoms with van der Waals surface area (Å²) in [5.41, 5.74) is 5.63. The number of hydrogen-bond acceptors (Lipinski definition) is 4. The summed E-state index contributed by atoms with van der Waals surface area (Å²) in [5, 5.41) is 0. The first-order chi connectivity index (χ1) is 5.52. The van der Waals surface area contributed by atoms with Crippen LogP contribution >= 0.6 is 15.9 Å². The second-order valence-electron chi connectivity index (χ2n) is 2.69. The van der Waals surface area contributed by atoms with E-state index in [1.807, 2.05) is 25.9 Å². The monoisotopic (exact) mass is 230 g/mol. The van der Waals surface area contributed by atoms with Crippen molar-refractivity contribution in [3.8, 4) is 0 Å². The van der Waals surface area contributed by atoms with Gasteiger partial charge in [-0.3, -0.25) is 0 Å². The molecular formula is C7H11BrN4. The Labute approximate surface area is 79.9 Å². The molecule has 5 heteroatoms. The fourth-order valence-corrected chi connectivity index (χ4v) is 1.39. The van der Waals surface area contributed by atoms with Crippen LogP contribution in [0.15, 0.2) is 4.47 Å². The Kier molecular flexibility index (Phi) is 2.52. The highest BCUT2D eigenvalue weighted by Crippen LogP contribution is 2.26. The summed E-state index contributed by atoms with van der Waals surface area (Å²) >= 11 is 3.32. The molecule has 0 atom stereocenters. The molecule has 0 aliphatic heterocycles. The maximum atomic E-state index is 5.63. The van der Waals surface area contributed by atoms with Crippen LogP contribution in [0.5, 0.6) is 0 Å². The summed E-state index contributed by atoms with van der Waals surface area (Å²) in [4.78, 5) is 10.1. The summed E-state index contributed by atoms with van der Waals surface area (Å²) in [7, 11) is 3.82. The van der Waals surface area contributed by atoms with Crippen molar-refractivity contribution in [1.29, 1.82) is 0 Å². The minimum absolute atomic E-state index is 0.478. The smallest absolute Gasteiger partial charge is 0.148 e. The third kappa shape index (κ3) is 1.66. The van der Waals surface area contributed by atoms with Crippen LogP contribution in [0.1, 0.15) is 5.82 Å². The van der Waals surface area contributed by atoms with Crippen LogP contribution in [0.3, 0.4) is 0 Å². The van der Waals surface area contributed by atoms with Crippen LogP contribution < -0.4 is 10.6 Å². The largest absolute Gasteiger partial charge is 0.383 e. The lowest BCUT2D eigenvalue weighted by Gasteiger charge is -2.14. The van der Waals surface area contributed by atoms with Crippen molar-refractivity contribution in [3.05, 3.63) is 10.3 Å². The lowest BCUT2D eigenvalue weighted by atomic mass is 10.5. The van der Waals surface area contributed by atoms with Gasteiger partial charge in [0, 0.05) is 14.1 Å². The molecule has 0 amide bonds. The normalized spacial score (nSPS) is 10.0. The number of rotatable bonds is 1. The standard InChI is InChI=1S/C7H11BrN4/c1-4-10-6(9)5(8)7(11-4)12(2)3/h1-3H3,(H2,9,10,11). The average molecular weight is 231 g/mol. The first kappa shape index (κ1) is 9.25. The summed E-state index contributed by atoms with van der Waals surface area (Å²) in [6.45, 7) is 1.82. The van der Waals surface area contributed by atoms with E-state index in [2.05, 4.69) is 25.9 Å². The summed E-state index contributed by atoms with van der Waals surface area (Å²) in [6.07, 6.45) is 0. The first-order valence-corrected chi connectivity index (χ1v) is 4.28. The minimum atomic E-state index is 0.478. The number of halogens is 1. The number of nitrogen functional groups attached to an aromatic ring is 1. The number of aromatic nitrogens is 2. The molecule has 0 aliphatic carbocycles. The molecule has 2 N–H and O–H groups in total. The number of aryl methyl sites for hydroxylation is 1. The maximum Gasteiger partial charge on any atom is 0.148 e. The van der Waals surface area contributed by atoms with Crippen molar-refractivity contribution in [2.75, 3.05) is 24.7 Å². The van der Waals surface area contributed by atoms with Crippen molar-refractivity contribution in [2.24, 2.45) is 0 Å². The zero-order valence-corrected chi connectivity index (χ0v) is 8.88. The molecule has 0 fully saturated rings. The molecule has 1 rings (SSSR count). The molecule has 0 saturated heterocycles. The lowest BCUT2D eigenvalue weighted by molar-refractivity contribution is 0.984. The van der Waals surface area contributed by atoms with Crippen LogP contribution in [0.25, 0.3) is 0 Å². The zero-order chi connectivity index (χ0) is 9.30. The van der Waals surface area contributed by atoms with Crippen molar-refractivity contribution < 1.29 is 0 Å². The van der Waals surface area contributed by atoms with Crippen molar-refractivity contribution in [2.45, 2.75) is 6.92 Å². The second-order valence-corrected chi connectivity index (χ2v) is 3.48. The molecule has 0 radical (unpaired) electrons. The molecule has 12 heavy (non-hydrogen) atoms. The number of hydrogen-bond donors (Lipinski definition) is 1. The van der Waals surface area contributed by atoms with Crippen LogP contribution in [0, 0.1) is 6.92 Å². The average Bonchev–Trinajstić information content (AvgIpc) is 1.96. The van der Waals surface area contributed by atoms with E-state index >= 15 is 0 Å². The molecule has 66 valence electrons. The van der Waals surface area contributed by atoms with Crippen LogP contribution in [-0.2, 0) is 0 Å². The Balaban J connectivity index is 3.28. The predicted molar refractivity (Wildman–Crippen MR) is 53.2 cm³/mol. The number of nitrogens with two attached hydrogens (primary N) is 1. The fourth-order valence-electron chi connectivity index (χ4n) is 0.862. The van der Waals surface area contributed by atoms with Gasteiger partial charge in [-0.15, -0.1) is 0 Å². The van der Waals surface area contributed by atoms with Gasteiger partial charge in [0.1, 0.15) is 21.9 Å². The van der Waals surface area contributed by atoms with Gasteiger partial charge < -0.3 is 10.6 Å². The quantitative estimate of drug-likeness (QED) is 0.788. The molecular weight excluding hydrogens is 220 g/mol. The third-order valence-electron chi connectivity index (χ3n) is 1.39. The number of anilines is 2. The molecule has 0 bridgehead atoms. The van der Waals surface area contributed by atoms with Gasteiger partial charge in [-0.25, -0.2) is 9.97 Å².